The van der Waals surface area contributed by atoms with Crippen LogP contribution in [0, 0.1) is 0 Å². The number of nitrogens with one attached hydrogen (secondary N) is 1. The monoisotopic (exact) mass is 916 g/mol. The van der Waals surface area contributed by atoms with Crippen molar-refractivity contribution in [3.63, 3.8) is 0 Å². The van der Waals surface area contributed by atoms with E-state index in [0.29, 0.717) is 19.3 Å². The van der Waals surface area contributed by atoms with E-state index in [0.717, 1.165) is 64.2 Å². The van der Waals surface area contributed by atoms with Gasteiger partial charge in [-0.2, -0.15) is 0 Å². The van der Waals surface area contributed by atoms with Crippen LogP contribution in [-0.4, -0.2) is 46.9 Å². The Hall–Kier alpha value is -1.66. The second kappa shape index (κ2) is 53.3. The maximum absolute atomic E-state index is 13.3. The summed E-state index contributed by atoms with van der Waals surface area (Å²) in [6.45, 7) is 6.51. The summed E-state index contributed by atoms with van der Waals surface area (Å²) in [4.78, 5) is 26.3. The Balaban J connectivity index is 4.56. The predicted octanol–water partition coefficient (Wildman–Crippen LogP) is 17.9. The molecule has 6 nitrogen and oxygen atoms in total. The SMILES string of the molecule is CCCCCCCCC/C=C/C=C/CCCCCC(CC(=O)NC(CO)C(O)CCCCCCCCCCCCCCCCCC)OC(=O)CCCCCCCCCCCCCCCC. The summed E-state index contributed by atoms with van der Waals surface area (Å²) >= 11 is 0. The van der Waals surface area contributed by atoms with Gasteiger partial charge in [-0.25, -0.2) is 0 Å². The number of hydrogen-bond donors (Lipinski definition) is 3. The van der Waals surface area contributed by atoms with Gasteiger partial charge in [-0.15, -0.1) is 0 Å². The summed E-state index contributed by atoms with van der Waals surface area (Å²) in [7, 11) is 0. The molecular formula is C59H113NO5. The molecule has 0 aromatic carbocycles. The molecule has 1 amide bonds. The van der Waals surface area contributed by atoms with E-state index in [1.165, 1.54) is 205 Å². The molecule has 0 spiro atoms. The highest BCUT2D eigenvalue weighted by Gasteiger charge is 2.24. The first-order valence-corrected chi connectivity index (χ1v) is 29.1. The van der Waals surface area contributed by atoms with Gasteiger partial charge in [-0.05, 0) is 51.4 Å². The summed E-state index contributed by atoms with van der Waals surface area (Å²) in [5.41, 5.74) is 0. The minimum Gasteiger partial charge on any atom is -0.462 e. The van der Waals surface area contributed by atoms with Gasteiger partial charge in [-0.3, -0.25) is 9.59 Å². The minimum absolute atomic E-state index is 0.0657. The lowest BCUT2D eigenvalue weighted by molar-refractivity contribution is -0.151. The quantitative estimate of drug-likeness (QED) is 0.0321. The Kier molecular flexibility index (Phi) is 51.9. The van der Waals surface area contributed by atoms with Crippen molar-refractivity contribution < 1.29 is 24.5 Å². The number of amides is 1. The number of allylic oxidation sites excluding steroid dienone is 4. The van der Waals surface area contributed by atoms with Gasteiger partial charge in [0.1, 0.15) is 6.10 Å². The Morgan fingerprint density at radius 2 is 0.769 bits per heavy atom. The van der Waals surface area contributed by atoms with Crippen LogP contribution in [0.3, 0.4) is 0 Å². The molecular weight excluding hydrogens is 803 g/mol. The minimum atomic E-state index is -0.792. The molecule has 0 bridgehead atoms. The number of carbonyl (C=O) groups excluding carboxylic acids is 2. The molecule has 6 heteroatoms. The number of aliphatic hydroxyl groups is 2. The van der Waals surface area contributed by atoms with Gasteiger partial charge in [0.25, 0.3) is 0 Å². The molecule has 0 radical (unpaired) electrons. The number of ether oxygens (including phenoxy) is 1. The van der Waals surface area contributed by atoms with Crippen LogP contribution in [-0.2, 0) is 14.3 Å². The molecule has 0 fully saturated rings. The maximum atomic E-state index is 13.3. The second-order valence-corrected chi connectivity index (χ2v) is 20.1. The molecule has 0 aromatic rings. The third-order valence-electron chi connectivity index (χ3n) is 13.6. The topological polar surface area (TPSA) is 95.9 Å². The first-order valence-electron chi connectivity index (χ1n) is 29.1. The van der Waals surface area contributed by atoms with Crippen molar-refractivity contribution in [2.45, 2.75) is 334 Å². The molecule has 0 aromatic heterocycles. The van der Waals surface area contributed by atoms with E-state index in [1.54, 1.807) is 0 Å². The zero-order chi connectivity index (χ0) is 47.4. The Bertz CT molecular complexity index is 1030. The fraction of sp³-hybridized carbons (Fsp3) is 0.898. The van der Waals surface area contributed by atoms with E-state index < -0.39 is 18.2 Å². The number of unbranched alkanes of at least 4 members (excludes halogenated alkanes) is 38. The highest BCUT2D eigenvalue weighted by Crippen LogP contribution is 2.19. The number of rotatable bonds is 53. The van der Waals surface area contributed by atoms with Crippen molar-refractivity contribution in [1.29, 1.82) is 0 Å². The number of aliphatic hydroxyl groups excluding tert-OH is 2. The predicted molar refractivity (Wildman–Crippen MR) is 283 cm³/mol. The fourth-order valence-electron chi connectivity index (χ4n) is 9.13. The molecule has 384 valence electrons. The van der Waals surface area contributed by atoms with Crippen LogP contribution in [0.1, 0.15) is 316 Å². The Labute approximate surface area is 405 Å². The smallest absolute Gasteiger partial charge is 0.306 e. The van der Waals surface area contributed by atoms with Crippen LogP contribution in [0.15, 0.2) is 24.3 Å². The third-order valence-corrected chi connectivity index (χ3v) is 13.6. The van der Waals surface area contributed by atoms with Crippen LogP contribution in [0.25, 0.3) is 0 Å². The van der Waals surface area contributed by atoms with Crippen molar-refractivity contribution in [3.05, 3.63) is 24.3 Å². The summed E-state index contributed by atoms with van der Waals surface area (Å²) in [5.74, 6) is -0.481. The molecule has 0 aliphatic rings. The molecule has 0 saturated heterocycles. The van der Waals surface area contributed by atoms with Crippen LogP contribution >= 0.6 is 0 Å². The molecule has 3 atom stereocenters. The van der Waals surface area contributed by atoms with E-state index in [4.69, 9.17) is 4.74 Å². The molecule has 0 saturated carbocycles. The summed E-state index contributed by atoms with van der Waals surface area (Å²) < 4.78 is 5.95. The van der Waals surface area contributed by atoms with Crippen LogP contribution < -0.4 is 5.32 Å². The highest BCUT2D eigenvalue weighted by molar-refractivity contribution is 5.77. The number of hydrogen-bond acceptors (Lipinski definition) is 5. The molecule has 3 unspecified atom stereocenters. The average Bonchev–Trinajstić information content (AvgIpc) is 3.30. The average molecular weight is 917 g/mol. The highest BCUT2D eigenvalue weighted by atomic mass is 16.5. The first kappa shape index (κ1) is 63.3. The van der Waals surface area contributed by atoms with Gasteiger partial charge in [0, 0.05) is 6.42 Å². The lowest BCUT2D eigenvalue weighted by Gasteiger charge is -2.24. The Morgan fingerprint density at radius 3 is 1.15 bits per heavy atom. The number of esters is 1. The molecule has 0 aliphatic carbocycles. The summed E-state index contributed by atoms with van der Waals surface area (Å²) in [6.07, 6.45) is 62.4. The lowest BCUT2D eigenvalue weighted by atomic mass is 10.0. The molecule has 3 N–H and O–H groups in total. The van der Waals surface area contributed by atoms with Gasteiger partial charge in [0.15, 0.2) is 0 Å². The van der Waals surface area contributed by atoms with Gasteiger partial charge >= 0.3 is 5.97 Å². The molecule has 0 aliphatic heterocycles. The van der Waals surface area contributed by atoms with Gasteiger partial charge in [-0.1, -0.05) is 276 Å². The zero-order valence-corrected chi connectivity index (χ0v) is 43.9. The largest absolute Gasteiger partial charge is 0.462 e. The number of carbonyl (C=O) groups is 2. The molecule has 0 heterocycles. The summed E-state index contributed by atoms with van der Waals surface area (Å²) in [6, 6.07) is -0.706. The van der Waals surface area contributed by atoms with Gasteiger partial charge in [0.05, 0.1) is 25.2 Å². The van der Waals surface area contributed by atoms with E-state index in [1.807, 2.05) is 0 Å². The van der Waals surface area contributed by atoms with E-state index in [-0.39, 0.29) is 24.9 Å². The third kappa shape index (κ3) is 48.6. The van der Waals surface area contributed by atoms with Crippen molar-refractivity contribution in [3.8, 4) is 0 Å². The Morgan fingerprint density at radius 1 is 0.446 bits per heavy atom. The fourth-order valence-corrected chi connectivity index (χ4v) is 9.13. The second-order valence-electron chi connectivity index (χ2n) is 20.1. The van der Waals surface area contributed by atoms with Crippen LogP contribution in [0.5, 0.6) is 0 Å². The van der Waals surface area contributed by atoms with Crippen molar-refractivity contribution in [2.75, 3.05) is 6.61 Å². The van der Waals surface area contributed by atoms with Crippen molar-refractivity contribution in [1.82, 2.24) is 5.32 Å². The zero-order valence-electron chi connectivity index (χ0n) is 43.9. The van der Waals surface area contributed by atoms with Crippen LogP contribution in [0.4, 0.5) is 0 Å². The van der Waals surface area contributed by atoms with Crippen molar-refractivity contribution >= 4 is 11.9 Å². The van der Waals surface area contributed by atoms with Crippen molar-refractivity contribution in [2.24, 2.45) is 0 Å². The van der Waals surface area contributed by atoms with Crippen LogP contribution in [0.2, 0.25) is 0 Å². The van der Waals surface area contributed by atoms with E-state index in [2.05, 4.69) is 50.4 Å². The molecule has 0 rings (SSSR count). The lowest BCUT2D eigenvalue weighted by Crippen LogP contribution is -2.46. The van der Waals surface area contributed by atoms with Gasteiger partial charge < -0.3 is 20.3 Å². The van der Waals surface area contributed by atoms with E-state index in [9.17, 15) is 19.8 Å². The van der Waals surface area contributed by atoms with E-state index >= 15 is 0 Å². The summed E-state index contributed by atoms with van der Waals surface area (Å²) in [5, 5.41) is 23.9. The first-order chi connectivity index (χ1) is 32.0. The van der Waals surface area contributed by atoms with Gasteiger partial charge in [0.2, 0.25) is 5.91 Å². The molecule has 65 heavy (non-hydrogen) atoms. The maximum Gasteiger partial charge on any atom is 0.306 e. The normalized spacial score (nSPS) is 13.2. The standard InChI is InChI=1S/C59H113NO5/c1-4-7-10-13-16-19-22-25-28-30-32-35-38-41-44-47-50-55(65-59(64)52-49-46-43-40-37-34-27-24-21-18-15-12-9-6-3)53-58(63)60-56(54-61)57(62)51-48-45-42-39-36-33-31-29-26-23-20-17-14-11-8-5-2/h28,30,32,35,55-57,61-62H,4-27,29,31,33-34,36-54H2,1-3H3,(H,60,63)/b30-28+,35-32+.